The molecule has 1 aromatic carbocycles. The lowest BCUT2D eigenvalue weighted by Gasteiger charge is -2.21. The van der Waals surface area contributed by atoms with E-state index in [9.17, 15) is 13.2 Å². The van der Waals surface area contributed by atoms with E-state index in [4.69, 9.17) is 0 Å². The van der Waals surface area contributed by atoms with E-state index in [1.165, 1.54) is 19.1 Å². The lowest BCUT2D eigenvalue weighted by molar-refractivity contribution is -0.130. The number of amides is 1. The van der Waals surface area contributed by atoms with Gasteiger partial charge >= 0.3 is 0 Å². The van der Waals surface area contributed by atoms with Gasteiger partial charge in [-0.05, 0) is 18.4 Å². The maximum atomic E-state index is 12.0. The van der Waals surface area contributed by atoms with Crippen molar-refractivity contribution in [3.63, 3.8) is 0 Å². The third-order valence-corrected chi connectivity index (χ3v) is 4.13. The molecule has 0 aliphatic carbocycles. The SMILES string of the molecule is CSCCN(NS(=O)(=O)c1ccccc1)C(C)=O. The van der Waals surface area contributed by atoms with Crippen LogP contribution in [0.25, 0.3) is 0 Å². The Morgan fingerprint density at radius 3 is 2.44 bits per heavy atom. The standard InChI is InChI=1S/C11H16N2O3S2/c1-10(14)13(8-9-17-2)12-18(15,16)11-6-4-3-5-7-11/h3-7,12H,8-9H2,1-2H3. The Hall–Kier alpha value is -1.05. The first-order valence-electron chi connectivity index (χ1n) is 5.32. The van der Waals surface area contributed by atoms with Crippen molar-refractivity contribution in [1.29, 1.82) is 0 Å². The smallest absolute Gasteiger partial charge is 0.257 e. The predicted octanol–water partition coefficient (Wildman–Crippen LogP) is 1.09. The van der Waals surface area contributed by atoms with Gasteiger partial charge in [-0.2, -0.15) is 11.8 Å². The number of hydrogen-bond acceptors (Lipinski definition) is 4. The maximum Gasteiger partial charge on any atom is 0.257 e. The summed E-state index contributed by atoms with van der Waals surface area (Å²) >= 11 is 1.54. The fraction of sp³-hybridized carbons (Fsp3) is 0.364. The second-order valence-electron chi connectivity index (χ2n) is 3.57. The van der Waals surface area contributed by atoms with Gasteiger partial charge in [-0.1, -0.05) is 18.2 Å². The molecule has 0 aromatic heterocycles. The summed E-state index contributed by atoms with van der Waals surface area (Å²) in [6.07, 6.45) is 1.89. The van der Waals surface area contributed by atoms with Crippen molar-refractivity contribution in [3.05, 3.63) is 30.3 Å². The Morgan fingerprint density at radius 2 is 1.94 bits per heavy atom. The topological polar surface area (TPSA) is 66.5 Å². The van der Waals surface area contributed by atoms with Crippen molar-refractivity contribution in [2.24, 2.45) is 0 Å². The molecule has 7 heteroatoms. The van der Waals surface area contributed by atoms with Crippen molar-refractivity contribution < 1.29 is 13.2 Å². The molecule has 0 unspecified atom stereocenters. The number of thioether (sulfide) groups is 1. The summed E-state index contributed by atoms with van der Waals surface area (Å²) in [7, 11) is -3.69. The molecule has 0 bridgehead atoms. The average Bonchev–Trinajstić information content (AvgIpc) is 2.35. The van der Waals surface area contributed by atoms with Crippen LogP contribution in [0.3, 0.4) is 0 Å². The van der Waals surface area contributed by atoms with E-state index in [-0.39, 0.29) is 10.8 Å². The van der Waals surface area contributed by atoms with E-state index in [0.29, 0.717) is 12.3 Å². The van der Waals surface area contributed by atoms with E-state index in [0.717, 1.165) is 5.01 Å². The number of nitrogens with one attached hydrogen (secondary N) is 1. The molecular weight excluding hydrogens is 272 g/mol. The van der Waals surface area contributed by atoms with Gasteiger partial charge in [0.25, 0.3) is 10.0 Å². The quantitative estimate of drug-likeness (QED) is 0.796. The van der Waals surface area contributed by atoms with Gasteiger partial charge in [-0.15, -0.1) is 4.83 Å². The Labute approximate surface area is 112 Å². The number of sulfonamides is 1. The summed E-state index contributed by atoms with van der Waals surface area (Å²) in [6.45, 7) is 1.66. The Bertz CT molecular complexity index is 488. The van der Waals surface area contributed by atoms with Crippen molar-refractivity contribution in [2.45, 2.75) is 11.8 Å². The summed E-state index contributed by atoms with van der Waals surface area (Å²) in [5.41, 5.74) is 0. The molecule has 0 saturated heterocycles. The van der Waals surface area contributed by atoms with Crippen LogP contribution in [0.2, 0.25) is 0 Å². The number of hydrazine groups is 1. The first-order chi connectivity index (χ1) is 8.47. The van der Waals surface area contributed by atoms with Crippen LogP contribution in [-0.4, -0.2) is 37.9 Å². The van der Waals surface area contributed by atoms with Gasteiger partial charge < -0.3 is 0 Å². The zero-order valence-electron chi connectivity index (χ0n) is 10.3. The molecule has 18 heavy (non-hydrogen) atoms. The monoisotopic (exact) mass is 288 g/mol. The van der Waals surface area contributed by atoms with Gasteiger partial charge in [0.1, 0.15) is 0 Å². The van der Waals surface area contributed by atoms with Crippen molar-refractivity contribution in [3.8, 4) is 0 Å². The summed E-state index contributed by atoms with van der Waals surface area (Å²) in [5, 5.41) is 1.11. The van der Waals surface area contributed by atoms with Crippen molar-refractivity contribution >= 4 is 27.7 Å². The lowest BCUT2D eigenvalue weighted by atomic mass is 10.4. The molecule has 0 heterocycles. The number of hydrogen-bond donors (Lipinski definition) is 1. The molecule has 5 nitrogen and oxygen atoms in total. The number of rotatable bonds is 6. The first kappa shape index (κ1) is 15.0. The van der Waals surface area contributed by atoms with Crippen LogP contribution < -0.4 is 4.83 Å². The highest BCUT2D eigenvalue weighted by Crippen LogP contribution is 2.08. The van der Waals surface area contributed by atoms with Crippen LogP contribution in [0.15, 0.2) is 35.2 Å². The van der Waals surface area contributed by atoms with Crippen molar-refractivity contribution in [2.75, 3.05) is 18.6 Å². The molecule has 1 aromatic rings. The molecule has 1 rings (SSSR count). The van der Waals surface area contributed by atoms with E-state index in [1.54, 1.807) is 30.0 Å². The fourth-order valence-corrected chi connectivity index (χ4v) is 2.74. The minimum Gasteiger partial charge on any atom is -0.274 e. The average molecular weight is 288 g/mol. The summed E-state index contributed by atoms with van der Waals surface area (Å²) in [6, 6.07) is 7.96. The van der Waals surface area contributed by atoms with Crippen molar-refractivity contribution in [1.82, 2.24) is 9.84 Å². The van der Waals surface area contributed by atoms with Gasteiger partial charge in [-0.25, -0.2) is 8.42 Å². The highest BCUT2D eigenvalue weighted by atomic mass is 32.2. The van der Waals surface area contributed by atoms with E-state index in [2.05, 4.69) is 4.83 Å². The molecular formula is C11H16N2O3S2. The maximum absolute atomic E-state index is 12.0. The van der Waals surface area contributed by atoms with E-state index in [1.807, 2.05) is 6.26 Å². The molecule has 1 N–H and O–H groups in total. The molecule has 0 fully saturated rings. The largest absolute Gasteiger partial charge is 0.274 e. The van der Waals surface area contributed by atoms with Crippen LogP contribution in [0.5, 0.6) is 0 Å². The summed E-state index contributed by atoms with van der Waals surface area (Å²) in [5.74, 6) is 0.334. The number of carbonyl (C=O) groups is 1. The first-order valence-corrected chi connectivity index (χ1v) is 8.19. The third-order valence-electron chi connectivity index (χ3n) is 2.18. The van der Waals surface area contributed by atoms with Crippen LogP contribution in [0.1, 0.15) is 6.92 Å². The van der Waals surface area contributed by atoms with E-state index < -0.39 is 10.0 Å². The molecule has 100 valence electrons. The van der Waals surface area contributed by atoms with Gasteiger partial charge in [0.05, 0.1) is 4.90 Å². The Kier molecular flexibility index (Phi) is 5.64. The minimum atomic E-state index is -3.69. The van der Waals surface area contributed by atoms with Crippen LogP contribution in [-0.2, 0) is 14.8 Å². The Morgan fingerprint density at radius 1 is 1.33 bits per heavy atom. The molecule has 0 aliphatic rings. The number of nitrogens with zero attached hydrogens (tertiary/aromatic N) is 1. The van der Waals surface area contributed by atoms with Crippen LogP contribution in [0.4, 0.5) is 0 Å². The molecule has 0 spiro atoms. The minimum absolute atomic E-state index is 0.139. The zero-order chi connectivity index (χ0) is 13.6. The summed E-state index contributed by atoms with van der Waals surface area (Å²) < 4.78 is 24.0. The molecule has 1 amide bonds. The zero-order valence-corrected chi connectivity index (χ0v) is 11.9. The van der Waals surface area contributed by atoms with Gasteiger partial charge in [0, 0.05) is 19.2 Å². The van der Waals surface area contributed by atoms with Gasteiger partial charge in [0.15, 0.2) is 0 Å². The second-order valence-corrected chi connectivity index (χ2v) is 6.22. The fourth-order valence-electron chi connectivity index (χ4n) is 1.25. The van der Waals surface area contributed by atoms with Gasteiger partial charge in [0.2, 0.25) is 5.91 Å². The molecule has 0 radical (unpaired) electrons. The normalized spacial score (nSPS) is 11.2. The summed E-state index contributed by atoms with van der Waals surface area (Å²) in [4.78, 5) is 13.8. The molecule has 0 aliphatic heterocycles. The molecule has 0 saturated carbocycles. The highest BCUT2D eigenvalue weighted by Gasteiger charge is 2.19. The lowest BCUT2D eigenvalue weighted by Crippen LogP contribution is -2.46. The molecule has 0 atom stereocenters. The highest BCUT2D eigenvalue weighted by molar-refractivity contribution is 7.98. The number of benzene rings is 1. The predicted molar refractivity (Wildman–Crippen MR) is 72.5 cm³/mol. The van der Waals surface area contributed by atoms with Gasteiger partial charge in [-0.3, -0.25) is 9.80 Å². The van der Waals surface area contributed by atoms with Crippen LogP contribution >= 0.6 is 11.8 Å². The number of carbonyl (C=O) groups excluding carboxylic acids is 1. The third kappa shape index (κ3) is 4.32. The van der Waals surface area contributed by atoms with E-state index >= 15 is 0 Å². The Balaban J connectivity index is 2.83. The van der Waals surface area contributed by atoms with Crippen LogP contribution in [0, 0.1) is 0 Å². The second kappa shape index (κ2) is 6.77.